The third-order valence-electron chi connectivity index (χ3n) is 7.30. The summed E-state index contributed by atoms with van der Waals surface area (Å²) < 4.78 is 13.6. The summed E-state index contributed by atoms with van der Waals surface area (Å²) in [7, 11) is 0. The summed E-state index contributed by atoms with van der Waals surface area (Å²) in [5, 5.41) is 11.5. The Morgan fingerprint density at radius 3 is 2.67 bits per heavy atom. The van der Waals surface area contributed by atoms with Crippen LogP contribution in [0.3, 0.4) is 0 Å². The predicted molar refractivity (Wildman–Crippen MR) is 148 cm³/mol. The fraction of sp³-hybridized carbons (Fsp3) is 0.387. The fourth-order valence-electron chi connectivity index (χ4n) is 5.31. The zero-order valence-electron chi connectivity index (χ0n) is 22.5. The molecule has 8 heteroatoms. The number of rotatable bonds is 11. The Hall–Kier alpha value is -4.07. The zero-order chi connectivity index (χ0) is 27.4. The lowest BCUT2D eigenvalue weighted by Gasteiger charge is -2.25. The van der Waals surface area contributed by atoms with Crippen molar-refractivity contribution < 1.29 is 24.2 Å². The first-order valence-corrected chi connectivity index (χ1v) is 13.7. The number of benzene rings is 2. The SMILES string of the molecule is CCCCCOc1ccc([C@H]2C(=C(O)c3ccc4c(c3)C[C@@H](C)O4)C(=O)C(=O)N2CCCn2ccnc2)cc1. The largest absolute Gasteiger partial charge is 0.507 e. The smallest absolute Gasteiger partial charge is 0.295 e. The van der Waals surface area contributed by atoms with E-state index >= 15 is 0 Å². The molecule has 0 unspecified atom stereocenters. The molecular formula is C31H35N3O5. The molecule has 8 nitrogen and oxygen atoms in total. The molecule has 2 atom stereocenters. The monoisotopic (exact) mass is 529 g/mol. The normalized spacial score (nSPS) is 19.8. The number of aryl methyl sites for hydroxylation is 1. The Balaban J connectivity index is 1.46. The van der Waals surface area contributed by atoms with Crippen molar-refractivity contribution in [2.24, 2.45) is 0 Å². The number of hydrogen-bond donors (Lipinski definition) is 1. The van der Waals surface area contributed by atoms with E-state index in [0.717, 1.165) is 48.3 Å². The molecule has 2 aromatic carbocycles. The number of aliphatic hydroxyl groups excluding tert-OH is 1. The lowest BCUT2D eigenvalue weighted by Crippen LogP contribution is -2.31. The molecule has 3 aromatic rings. The topological polar surface area (TPSA) is 93.9 Å². The first-order valence-electron chi connectivity index (χ1n) is 13.7. The van der Waals surface area contributed by atoms with Gasteiger partial charge in [0.2, 0.25) is 0 Å². The maximum absolute atomic E-state index is 13.4. The van der Waals surface area contributed by atoms with E-state index in [-0.39, 0.29) is 17.4 Å². The molecule has 1 amide bonds. The van der Waals surface area contributed by atoms with Crippen LogP contribution in [0.4, 0.5) is 0 Å². The van der Waals surface area contributed by atoms with Gasteiger partial charge < -0.3 is 24.0 Å². The molecule has 0 radical (unpaired) electrons. The highest BCUT2D eigenvalue weighted by Gasteiger charge is 2.45. The number of likely N-dealkylation sites (tertiary alicyclic amines) is 1. The second-order valence-corrected chi connectivity index (χ2v) is 10.2. The van der Waals surface area contributed by atoms with Gasteiger partial charge in [-0.2, -0.15) is 0 Å². The Bertz CT molecular complexity index is 1350. The zero-order valence-corrected chi connectivity index (χ0v) is 22.5. The van der Waals surface area contributed by atoms with E-state index < -0.39 is 17.7 Å². The van der Waals surface area contributed by atoms with Crippen LogP contribution >= 0.6 is 0 Å². The molecule has 1 aromatic heterocycles. The second-order valence-electron chi connectivity index (χ2n) is 10.2. The van der Waals surface area contributed by atoms with Gasteiger partial charge in [-0.05, 0) is 61.2 Å². The van der Waals surface area contributed by atoms with Gasteiger partial charge in [-0.3, -0.25) is 9.59 Å². The summed E-state index contributed by atoms with van der Waals surface area (Å²) in [6.07, 6.45) is 9.93. The van der Waals surface area contributed by atoms with Crippen molar-refractivity contribution in [3.63, 3.8) is 0 Å². The molecule has 2 aliphatic rings. The van der Waals surface area contributed by atoms with Crippen LogP contribution in [0.2, 0.25) is 0 Å². The number of Topliss-reactive ketones (excluding diaryl/α,β-unsaturated/α-hetero) is 1. The van der Waals surface area contributed by atoms with Crippen LogP contribution in [0.25, 0.3) is 5.76 Å². The minimum atomic E-state index is -0.703. The van der Waals surface area contributed by atoms with Crippen molar-refractivity contribution in [1.82, 2.24) is 14.5 Å². The molecule has 2 aliphatic heterocycles. The van der Waals surface area contributed by atoms with Crippen molar-refractivity contribution in [2.75, 3.05) is 13.2 Å². The Labute approximate surface area is 228 Å². The summed E-state index contributed by atoms with van der Waals surface area (Å²) in [6.45, 7) is 5.79. The van der Waals surface area contributed by atoms with Gasteiger partial charge in [-0.15, -0.1) is 0 Å². The number of unbranched alkanes of at least 4 members (excludes halogenated alkanes) is 2. The number of ether oxygens (including phenoxy) is 2. The van der Waals surface area contributed by atoms with E-state index in [4.69, 9.17) is 9.47 Å². The number of ketones is 1. The number of hydrogen-bond acceptors (Lipinski definition) is 6. The van der Waals surface area contributed by atoms with Gasteiger partial charge >= 0.3 is 0 Å². The Morgan fingerprint density at radius 1 is 1.10 bits per heavy atom. The highest BCUT2D eigenvalue weighted by Crippen LogP contribution is 2.41. The third kappa shape index (κ3) is 5.70. The van der Waals surface area contributed by atoms with Crippen LogP contribution in [-0.4, -0.2) is 50.5 Å². The molecular weight excluding hydrogens is 494 g/mol. The van der Waals surface area contributed by atoms with E-state index in [1.165, 1.54) is 0 Å². The molecule has 5 rings (SSSR count). The molecule has 0 bridgehead atoms. The maximum atomic E-state index is 13.4. The quantitative estimate of drug-likeness (QED) is 0.157. The molecule has 39 heavy (non-hydrogen) atoms. The predicted octanol–water partition coefficient (Wildman–Crippen LogP) is 5.29. The fourth-order valence-corrected chi connectivity index (χ4v) is 5.31. The van der Waals surface area contributed by atoms with Gasteiger partial charge in [0.25, 0.3) is 11.7 Å². The highest BCUT2D eigenvalue weighted by atomic mass is 16.5. The molecule has 0 spiro atoms. The van der Waals surface area contributed by atoms with Crippen molar-refractivity contribution >= 4 is 17.4 Å². The highest BCUT2D eigenvalue weighted by molar-refractivity contribution is 6.46. The van der Waals surface area contributed by atoms with Gasteiger partial charge in [0.1, 0.15) is 23.4 Å². The minimum absolute atomic E-state index is 0.0566. The third-order valence-corrected chi connectivity index (χ3v) is 7.30. The summed E-state index contributed by atoms with van der Waals surface area (Å²) in [6, 6.07) is 12.2. The van der Waals surface area contributed by atoms with Crippen molar-refractivity contribution in [2.45, 2.75) is 64.6 Å². The molecule has 1 saturated heterocycles. The Kier molecular flexibility index (Phi) is 8.00. The molecule has 1 N–H and O–H groups in total. The van der Waals surface area contributed by atoms with E-state index in [0.29, 0.717) is 31.7 Å². The average molecular weight is 530 g/mol. The first kappa shape index (κ1) is 26.5. The molecule has 1 fully saturated rings. The number of aromatic nitrogens is 2. The van der Waals surface area contributed by atoms with Crippen molar-refractivity contribution in [1.29, 1.82) is 0 Å². The molecule has 0 aliphatic carbocycles. The average Bonchev–Trinajstić information content (AvgIpc) is 3.65. The van der Waals surface area contributed by atoms with Crippen LogP contribution < -0.4 is 9.47 Å². The number of nitrogens with zero attached hydrogens (tertiary/aromatic N) is 3. The number of aliphatic hydroxyl groups is 1. The lowest BCUT2D eigenvalue weighted by atomic mass is 9.94. The van der Waals surface area contributed by atoms with E-state index in [1.54, 1.807) is 23.5 Å². The number of fused-ring (bicyclic) bond motifs is 1. The summed E-state index contributed by atoms with van der Waals surface area (Å²) in [5.41, 5.74) is 2.33. The van der Waals surface area contributed by atoms with Gasteiger partial charge in [0.15, 0.2) is 0 Å². The Morgan fingerprint density at radius 2 is 1.92 bits per heavy atom. The van der Waals surface area contributed by atoms with Gasteiger partial charge in [0.05, 0.1) is 24.5 Å². The molecule has 0 saturated carbocycles. The van der Waals surface area contributed by atoms with Crippen LogP contribution in [-0.2, 0) is 22.6 Å². The summed E-state index contributed by atoms with van der Waals surface area (Å²) in [5.74, 6) is 0.0674. The standard InChI is InChI=1S/C31H35N3O5/c1-3-4-5-17-38-25-10-7-22(8-11-25)28-27(29(35)23-9-12-26-24(19-23)18-21(2)39-26)30(36)31(37)34(28)15-6-14-33-16-13-32-20-33/h7-13,16,19-21,28,35H,3-6,14-15,17-18H2,1-2H3/t21-,28+/m1/s1. The van der Waals surface area contributed by atoms with Gasteiger partial charge in [-0.25, -0.2) is 4.98 Å². The number of imidazole rings is 1. The lowest BCUT2D eigenvalue weighted by molar-refractivity contribution is -0.139. The van der Waals surface area contributed by atoms with Crippen LogP contribution in [0.5, 0.6) is 11.5 Å². The molecule has 3 heterocycles. The minimum Gasteiger partial charge on any atom is -0.507 e. The summed E-state index contributed by atoms with van der Waals surface area (Å²) >= 11 is 0. The van der Waals surface area contributed by atoms with E-state index in [9.17, 15) is 14.7 Å². The summed E-state index contributed by atoms with van der Waals surface area (Å²) in [4.78, 5) is 32.3. The van der Waals surface area contributed by atoms with Gasteiger partial charge in [0, 0.05) is 37.5 Å². The second kappa shape index (κ2) is 11.8. The van der Waals surface area contributed by atoms with E-state index in [2.05, 4.69) is 11.9 Å². The van der Waals surface area contributed by atoms with Crippen molar-refractivity contribution in [3.8, 4) is 11.5 Å². The molecule has 204 valence electrons. The van der Waals surface area contributed by atoms with Crippen LogP contribution in [0.1, 0.15) is 62.3 Å². The number of amides is 1. The number of carbonyl (C=O) groups excluding carboxylic acids is 2. The number of carbonyl (C=O) groups is 2. The maximum Gasteiger partial charge on any atom is 0.295 e. The first-order chi connectivity index (χ1) is 19.0. The van der Waals surface area contributed by atoms with E-state index in [1.807, 2.05) is 54.1 Å². The van der Waals surface area contributed by atoms with Gasteiger partial charge in [-0.1, -0.05) is 31.9 Å². The van der Waals surface area contributed by atoms with Crippen LogP contribution in [0.15, 0.2) is 66.8 Å². The van der Waals surface area contributed by atoms with Crippen molar-refractivity contribution in [3.05, 3.63) is 83.4 Å². The van der Waals surface area contributed by atoms with Crippen LogP contribution in [0, 0.1) is 0 Å².